The van der Waals surface area contributed by atoms with Crippen molar-refractivity contribution in [3.05, 3.63) is 24.5 Å². The number of aromatic nitrogens is 1. The third-order valence-corrected chi connectivity index (χ3v) is 7.18. The van der Waals surface area contributed by atoms with Crippen LogP contribution in [0.5, 0.6) is 5.75 Å². The summed E-state index contributed by atoms with van der Waals surface area (Å²) in [5.74, 6) is 0.489. The van der Waals surface area contributed by atoms with Crippen LogP contribution in [0, 0.1) is 0 Å². The van der Waals surface area contributed by atoms with E-state index in [0.29, 0.717) is 12.4 Å². The fourth-order valence-electron chi connectivity index (χ4n) is 2.19. The van der Waals surface area contributed by atoms with E-state index in [9.17, 15) is 9.13 Å². The minimum atomic E-state index is -4.94. The van der Waals surface area contributed by atoms with Crippen molar-refractivity contribution in [2.45, 2.75) is 51.0 Å². The second kappa shape index (κ2) is 9.66. The number of pyridine rings is 1. The highest BCUT2D eigenvalue weighted by molar-refractivity contribution is 7.70. The highest BCUT2D eigenvalue weighted by Crippen LogP contribution is 2.59. The van der Waals surface area contributed by atoms with Crippen LogP contribution in [0.25, 0.3) is 0 Å². The monoisotopic (exact) mass is 382 g/mol. The first-order valence-electron chi connectivity index (χ1n) is 7.87. The molecule has 1 heterocycles. The Labute approximate surface area is 141 Å². The molecule has 0 atom stereocenters. The molecular formula is C14H26NO7P2+. The van der Waals surface area contributed by atoms with Gasteiger partial charge in [-0.15, -0.1) is 0 Å². The van der Waals surface area contributed by atoms with Crippen molar-refractivity contribution in [3.63, 3.8) is 0 Å². The van der Waals surface area contributed by atoms with E-state index in [1.54, 1.807) is 12.1 Å². The summed E-state index contributed by atoms with van der Waals surface area (Å²) in [7, 11) is -9.88. The van der Waals surface area contributed by atoms with Crippen molar-refractivity contribution in [1.82, 2.24) is 0 Å². The van der Waals surface area contributed by atoms with Gasteiger partial charge in [-0.05, 0) is 12.5 Å². The van der Waals surface area contributed by atoms with Gasteiger partial charge in [0.05, 0.1) is 6.61 Å². The van der Waals surface area contributed by atoms with Crippen LogP contribution in [-0.2, 0) is 15.7 Å². The van der Waals surface area contributed by atoms with Crippen LogP contribution in [-0.4, -0.2) is 31.6 Å². The fraction of sp³-hybridized carbons (Fsp3) is 0.643. The van der Waals surface area contributed by atoms with Gasteiger partial charge in [0.25, 0.3) is 0 Å². The first-order valence-corrected chi connectivity index (χ1v) is 11.2. The largest absolute Gasteiger partial charge is 0.487 e. The Hall–Kier alpha value is -0.750. The molecule has 1 rings (SSSR count). The Kier molecular flexibility index (Phi) is 8.57. The van der Waals surface area contributed by atoms with Gasteiger partial charge in [0.15, 0.2) is 18.5 Å². The van der Waals surface area contributed by atoms with Gasteiger partial charge in [-0.25, -0.2) is 4.57 Å². The lowest BCUT2D eigenvalue weighted by Crippen LogP contribution is -2.39. The summed E-state index contributed by atoms with van der Waals surface area (Å²) in [6.07, 6.45) is 8.44. The van der Waals surface area contributed by atoms with Crippen LogP contribution < -0.4 is 9.30 Å². The van der Waals surface area contributed by atoms with Crippen molar-refractivity contribution in [1.29, 1.82) is 0 Å². The highest BCUT2D eigenvalue weighted by atomic mass is 31.2. The Morgan fingerprint density at radius 3 is 2.29 bits per heavy atom. The average Bonchev–Trinajstić information content (AvgIpc) is 2.46. The number of hydrogen-bond acceptors (Lipinski definition) is 3. The Morgan fingerprint density at radius 2 is 1.71 bits per heavy atom. The molecule has 10 heteroatoms. The molecule has 1 aromatic heterocycles. The van der Waals surface area contributed by atoms with Crippen LogP contribution >= 0.6 is 15.2 Å². The summed E-state index contributed by atoms with van der Waals surface area (Å²) in [6, 6.07) is 3.29. The summed E-state index contributed by atoms with van der Waals surface area (Å²) in [5, 5.41) is -2.07. The zero-order valence-corrected chi connectivity index (χ0v) is 15.5. The summed E-state index contributed by atoms with van der Waals surface area (Å²) >= 11 is 0. The van der Waals surface area contributed by atoms with Crippen LogP contribution in [0.15, 0.2) is 24.5 Å². The van der Waals surface area contributed by atoms with Gasteiger partial charge in [-0.3, -0.25) is 9.13 Å². The standard InChI is InChI=1S/C14H25NO7P2/c1-2-3-4-5-6-10-22-13-8-7-9-15(11-13)12-14(23(16,17)18)24(19,20)21/h7-9,11,14H,2-6,10,12H2,1H3,(H3-,16,17,18,19,20,21)/p+1. The molecule has 8 nitrogen and oxygen atoms in total. The van der Waals surface area contributed by atoms with E-state index in [4.69, 9.17) is 24.3 Å². The van der Waals surface area contributed by atoms with Crippen LogP contribution in [0.3, 0.4) is 0 Å². The van der Waals surface area contributed by atoms with Gasteiger partial charge >= 0.3 is 15.2 Å². The second-order valence-electron chi connectivity index (χ2n) is 5.66. The third-order valence-electron chi connectivity index (χ3n) is 3.50. The van der Waals surface area contributed by atoms with Gasteiger partial charge in [0, 0.05) is 6.07 Å². The Bertz CT molecular complexity index is 577. The number of rotatable bonds is 11. The van der Waals surface area contributed by atoms with Gasteiger partial charge < -0.3 is 24.3 Å². The van der Waals surface area contributed by atoms with Crippen LogP contribution in [0.1, 0.15) is 39.0 Å². The van der Waals surface area contributed by atoms with E-state index in [0.717, 1.165) is 19.3 Å². The number of unbranched alkanes of at least 4 members (excludes halogenated alkanes) is 4. The molecule has 1 aromatic rings. The molecule has 0 amide bonds. The molecule has 4 N–H and O–H groups in total. The lowest BCUT2D eigenvalue weighted by Gasteiger charge is -2.16. The zero-order valence-electron chi connectivity index (χ0n) is 13.7. The number of hydrogen-bond donors (Lipinski definition) is 4. The molecule has 0 saturated heterocycles. The summed E-state index contributed by atoms with van der Waals surface area (Å²) in [5.41, 5.74) is 0. The molecule has 138 valence electrons. The van der Waals surface area contributed by atoms with E-state index in [1.165, 1.54) is 29.8 Å². The van der Waals surface area contributed by atoms with Gasteiger partial charge in [-0.1, -0.05) is 32.6 Å². The third kappa shape index (κ3) is 7.88. The maximum absolute atomic E-state index is 11.3. The van der Waals surface area contributed by atoms with Gasteiger partial charge in [0.1, 0.15) is 0 Å². The maximum Gasteiger partial charge on any atom is 0.347 e. The quantitative estimate of drug-likeness (QED) is 0.262. The molecule has 0 unspecified atom stereocenters. The minimum Gasteiger partial charge on any atom is -0.487 e. The number of ether oxygens (including phenoxy) is 1. The Morgan fingerprint density at radius 1 is 1.08 bits per heavy atom. The molecular weight excluding hydrogens is 356 g/mol. The van der Waals surface area contributed by atoms with Gasteiger partial charge in [0.2, 0.25) is 11.6 Å². The lowest BCUT2D eigenvalue weighted by atomic mass is 10.2. The summed E-state index contributed by atoms with van der Waals surface area (Å²) in [4.78, 5) is 36.6. The van der Waals surface area contributed by atoms with Gasteiger partial charge in [-0.2, -0.15) is 0 Å². The normalized spacial score (nSPS) is 12.6. The first kappa shape index (κ1) is 21.3. The van der Waals surface area contributed by atoms with Crippen molar-refractivity contribution in [2.24, 2.45) is 0 Å². The summed E-state index contributed by atoms with van der Waals surface area (Å²) < 4.78 is 29.5. The van der Waals surface area contributed by atoms with Crippen LogP contribution in [0.2, 0.25) is 0 Å². The summed E-state index contributed by atoms with van der Waals surface area (Å²) in [6.45, 7) is 2.16. The van der Waals surface area contributed by atoms with Crippen molar-refractivity contribution < 1.29 is 38.0 Å². The Balaban J connectivity index is 2.64. The fourth-order valence-corrected chi connectivity index (χ4v) is 4.56. The first-order chi connectivity index (χ1) is 11.1. The molecule has 0 aliphatic heterocycles. The molecule has 0 fully saturated rings. The predicted molar refractivity (Wildman–Crippen MR) is 88.8 cm³/mol. The number of nitrogens with zero attached hydrogens (tertiary/aromatic N) is 1. The predicted octanol–water partition coefficient (Wildman–Crippen LogP) is 2.00. The molecule has 0 radical (unpaired) electrons. The van der Waals surface area contributed by atoms with E-state index in [2.05, 4.69) is 6.92 Å². The van der Waals surface area contributed by atoms with Crippen molar-refractivity contribution in [2.75, 3.05) is 6.61 Å². The molecule has 0 aromatic carbocycles. The van der Waals surface area contributed by atoms with E-state index in [1.807, 2.05) is 0 Å². The van der Waals surface area contributed by atoms with Crippen molar-refractivity contribution >= 4 is 15.2 Å². The highest BCUT2D eigenvalue weighted by Gasteiger charge is 2.46. The van der Waals surface area contributed by atoms with E-state index in [-0.39, 0.29) is 0 Å². The van der Waals surface area contributed by atoms with Crippen molar-refractivity contribution in [3.8, 4) is 5.75 Å². The smallest absolute Gasteiger partial charge is 0.347 e. The average molecular weight is 382 g/mol. The lowest BCUT2D eigenvalue weighted by molar-refractivity contribution is -0.694. The molecule has 0 saturated carbocycles. The second-order valence-corrected chi connectivity index (χ2v) is 9.67. The molecule has 0 spiro atoms. The topological polar surface area (TPSA) is 128 Å². The molecule has 0 bridgehead atoms. The van der Waals surface area contributed by atoms with Crippen LogP contribution in [0.4, 0.5) is 0 Å². The SMILES string of the molecule is CCCCCCCOc1ccc[n+](CC(P(=O)(O)O)P(=O)(O)O)c1. The molecule has 0 aliphatic rings. The minimum absolute atomic E-state index is 0.489. The van der Waals surface area contributed by atoms with E-state index >= 15 is 0 Å². The van der Waals surface area contributed by atoms with E-state index < -0.39 is 27.1 Å². The molecule has 24 heavy (non-hydrogen) atoms. The maximum atomic E-state index is 11.3. The molecule has 0 aliphatic carbocycles. The zero-order chi connectivity index (χ0) is 18.2.